The zero-order valence-electron chi connectivity index (χ0n) is 10.3. The van der Waals surface area contributed by atoms with Crippen LogP contribution in [0.4, 0.5) is 29.3 Å². The van der Waals surface area contributed by atoms with Crippen molar-refractivity contribution in [3.63, 3.8) is 0 Å². The largest absolute Gasteiger partial charge is 0.397 e. The standard InChI is InChI=1S/C12H12F3N3O2/c13-12(14,15)7-10(19)17-8-1-3-9(4-2-8)18-6-5-16-11(18)20/h1-4H,5-7H2,(H,16,20)(H,17,19). The molecule has 8 heteroatoms. The van der Waals surface area contributed by atoms with Crippen LogP contribution in [0.1, 0.15) is 6.42 Å². The molecule has 0 radical (unpaired) electrons. The maximum atomic E-state index is 12.0. The summed E-state index contributed by atoms with van der Waals surface area (Å²) in [6.45, 7) is 1.07. The van der Waals surface area contributed by atoms with Gasteiger partial charge in [-0.3, -0.25) is 9.69 Å². The van der Waals surface area contributed by atoms with Crippen molar-refractivity contribution in [1.82, 2.24) is 5.32 Å². The highest BCUT2D eigenvalue weighted by Crippen LogP contribution is 2.22. The van der Waals surface area contributed by atoms with Gasteiger partial charge < -0.3 is 10.6 Å². The predicted octanol–water partition coefficient (Wildman–Crippen LogP) is 2.11. The van der Waals surface area contributed by atoms with Gasteiger partial charge in [0.05, 0.1) is 0 Å². The summed E-state index contributed by atoms with van der Waals surface area (Å²) >= 11 is 0. The number of rotatable bonds is 3. The van der Waals surface area contributed by atoms with Gasteiger partial charge in [0, 0.05) is 24.5 Å². The first-order chi connectivity index (χ1) is 9.35. The highest BCUT2D eigenvalue weighted by molar-refractivity contribution is 5.95. The minimum atomic E-state index is -4.53. The molecular formula is C12H12F3N3O2. The van der Waals surface area contributed by atoms with Crippen molar-refractivity contribution in [2.75, 3.05) is 23.3 Å². The van der Waals surface area contributed by atoms with E-state index in [1.165, 1.54) is 17.0 Å². The molecule has 2 N–H and O–H groups in total. The predicted molar refractivity (Wildman–Crippen MR) is 66.5 cm³/mol. The van der Waals surface area contributed by atoms with Crippen LogP contribution in [0, 0.1) is 0 Å². The lowest BCUT2D eigenvalue weighted by atomic mass is 10.2. The molecule has 1 heterocycles. The van der Waals surface area contributed by atoms with Crippen LogP contribution < -0.4 is 15.5 Å². The summed E-state index contributed by atoms with van der Waals surface area (Å²) in [6, 6.07) is 5.81. The fourth-order valence-electron chi connectivity index (χ4n) is 1.83. The first kappa shape index (κ1) is 14.2. The topological polar surface area (TPSA) is 61.4 Å². The van der Waals surface area contributed by atoms with Crippen LogP contribution in [0.2, 0.25) is 0 Å². The van der Waals surface area contributed by atoms with Gasteiger partial charge in [0.2, 0.25) is 5.91 Å². The van der Waals surface area contributed by atoms with E-state index >= 15 is 0 Å². The summed E-state index contributed by atoms with van der Waals surface area (Å²) in [4.78, 5) is 24.0. The number of hydrogen-bond acceptors (Lipinski definition) is 2. The van der Waals surface area contributed by atoms with E-state index < -0.39 is 18.5 Å². The van der Waals surface area contributed by atoms with Crippen molar-refractivity contribution < 1.29 is 22.8 Å². The quantitative estimate of drug-likeness (QED) is 0.894. The number of amides is 3. The zero-order chi connectivity index (χ0) is 14.8. The first-order valence-corrected chi connectivity index (χ1v) is 5.87. The molecule has 0 atom stereocenters. The molecule has 20 heavy (non-hydrogen) atoms. The second-order valence-electron chi connectivity index (χ2n) is 4.27. The highest BCUT2D eigenvalue weighted by atomic mass is 19.4. The Morgan fingerprint density at radius 3 is 2.45 bits per heavy atom. The van der Waals surface area contributed by atoms with Gasteiger partial charge in [-0.1, -0.05) is 0 Å². The average Bonchev–Trinajstić information content (AvgIpc) is 2.74. The molecule has 108 valence electrons. The average molecular weight is 287 g/mol. The molecule has 0 unspecified atom stereocenters. The number of carbonyl (C=O) groups is 2. The summed E-state index contributed by atoms with van der Waals surface area (Å²) in [6.07, 6.45) is -6.05. The lowest BCUT2D eigenvalue weighted by molar-refractivity contribution is -0.150. The van der Waals surface area contributed by atoms with Crippen molar-refractivity contribution in [1.29, 1.82) is 0 Å². The maximum Gasteiger partial charge on any atom is 0.397 e. The Morgan fingerprint density at radius 1 is 1.30 bits per heavy atom. The van der Waals surface area contributed by atoms with Crippen LogP contribution in [0.3, 0.4) is 0 Å². The third-order valence-electron chi connectivity index (χ3n) is 2.68. The molecule has 1 saturated heterocycles. The van der Waals surface area contributed by atoms with Gasteiger partial charge in [0.1, 0.15) is 6.42 Å². The van der Waals surface area contributed by atoms with Gasteiger partial charge in [0.25, 0.3) is 0 Å². The van der Waals surface area contributed by atoms with Crippen LogP contribution >= 0.6 is 0 Å². The van der Waals surface area contributed by atoms with Crippen LogP contribution in [-0.2, 0) is 4.79 Å². The lowest BCUT2D eigenvalue weighted by Crippen LogP contribution is -2.27. The van der Waals surface area contributed by atoms with E-state index in [0.717, 1.165) is 0 Å². The van der Waals surface area contributed by atoms with Crippen LogP contribution in [0.15, 0.2) is 24.3 Å². The number of alkyl halides is 3. The van der Waals surface area contributed by atoms with Crippen LogP contribution in [-0.4, -0.2) is 31.2 Å². The normalized spacial score (nSPS) is 15.2. The summed E-state index contributed by atoms with van der Waals surface area (Å²) < 4.78 is 36.0. The van der Waals surface area contributed by atoms with Crippen molar-refractivity contribution in [2.45, 2.75) is 12.6 Å². The van der Waals surface area contributed by atoms with Crippen molar-refractivity contribution >= 4 is 23.3 Å². The van der Waals surface area contributed by atoms with E-state index in [-0.39, 0.29) is 11.7 Å². The number of halogens is 3. The van der Waals surface area contributed by atoms with E-state index in [9.17, 15) is 22.8 Å². The molecule has 1 aromatic carbocycles. The number of nitrogens with one attached hydrogen (secondary N) is 2. The number of urea groups is 1. The first-order valence-electron chi connectivity index (χ1n) is 5.87. The summed E-state index contributed by atoms with van der Waals surface area (Å²) in [5, 5.41) is 4.78. The number of anilines is 2. The van der Waals surface area contributed by atoms with E-state index in [0.29, 0.717) is 18.8 Å². The Labute approximate surface area is 112 Å². The molecule has 0 bridgehead atoms. The van der Waals surface area contributed by atoms with Crippen molar-refractivity contribution in [3.8, 4) is 0 Å². The Balaban J connectivity index is 1.98. The molecule has 1 fully saturated rings. The second kappa shape index (κ2) is 5.40. The highest BCUT2D eigenvalue weighted by Gasteiger charge is 2.31. The Morgan fingerprint density at radius 2 is 1.95 bits per heavy atom. The fraction of sp³-hybridized carbons (Fsp3) is 0.333. The van der Waals surface area contributed by atoms with Gasteiger partial charge in [-0.25, -0.2) is 4.79 Å². The lowest BCUT2D eigenvalue weighted by Gasteiger charge is -2.15. The summed E-state index contributed by atoms with van der Waals surface area (Å²) in [5.74, 6) is -1.12. The van der Waals surface area contributed by atoms with E-state index in [4.69, 9.17) is 0 Å². The molecule has 0 spiro atoms. The zero-order valence-corrected chi connectivity index (χ0v) is 10.3. The van der Waals surface area contributed by atoms with Gasteiger partial charge in [-0.05, 0) is 24.3 Å². The van der Waals surface area contributed by atoms with Gasteiger partial charge >= 0.3 is 12.2 Å². The molecular weight excluding hydrogens is 275 g/mol. The monoisotopic (exact) mass is 287 g/mol. The molecule has 2 rings (SSSR count). The molecule has 1 aliphatic heterocycles. The van der Waals surface area contributed by atoms with E-state index in [2.05, 4.69) is 10.6 Å². The summed E-state index contributed by atoms with van der Waals surface area (Å²) in [7, 11) is 0. The second-order valence-corrected chi connectivity index (χ2v) is 4.27. The molecule has 3 amide bonds. The van der Waals surface area contributed by atoms with Gasteiger partial charge in [-0.15, -0.1) is 0 Å². The number of benzene rings is 1. The molecule has 0 saturated carbocycles. The molecule has 1 aliphatic rings. The SMILES string of the molecule is O=C(CC(F)(F)F)Nc1ccc(N2CCNC2=O)cc1. The minimum absolute atomic E-state index is 0.223. The van der Waals surface area contributed by atoms with E-state index in [1.807, 2.05) is 0 Å². The van der Waals surface area contributed by atoms with Gasteiger partial charge in [-0.2, -0.15) is 13.2 Å². The molecule has 1 aromatic rings. The van der Waals surface area contributed by atoms with Gasteiger partial charge in [0.15, 0.2) is 0 Å². The smallest absolute Gasteiger partial charge is 0.336 e. The molecule has 5 nitrogen and oxygen atoms in total. The third kappa shape index (κ3) is 3.62. The molecule has 0 aromatic heterocycles. The molecule has 0 aliphatic carbocycles. The Hall–Kier alpha value is -2.25. The Kier molecular flexibility index (Phi) is 3.82. The summed E-state index contributed by atoms with van der Waals surface area (Å²) in [5.41, 5.74) is 0.872. The van der Waals surface area contributed by atoms with E-state index in [1.54, 1.807) is 12.1 Å². The number of hydrogen-bond donors (Lipinski definition) is 2. The number of carbonyl (C=O) groups excluding carboxylic acids is 2. The number of nitrogens with zero attached hydrogens (tertiary/aromatic N) is 1. The Bertz CT molecular complexity index is 514. The third-order valence-corrected chi connectivity index (χ3v) is 2.68. The fourth-order valence-corrected chi connectivity index (χ4v) is 1.83. The van der Waals surface area contributed by atoms with Crippen LogP contribution in [0.25, 0.3) is 0 Å². The van der Waals surface area contributed by atoms with Crippen LogP contribution in [0.5, 0.6) is 0 Å². The maximum absolute atomic E-state index is 12.0. The van der Waals surface area contributed by atoms with Crippen molar-refractivity contribution in [2.24, 2.45) is 0 Å². The minimum Gasteiger partial charge on any atom is -0.336 e. The van der Waals surface area contributed by atoms with Crippen molar-refractivity contribution in [3.05, 3.63) is 24.3 Å².